The van der Waals surface area contributed by atoms with Crippen molar-refractivity contribution in [3.63, 3.8) is 0 Å². The molecule has 1 aliphatic rings. The smallest absolute Gasteiger partial charge is 0.263 e. The van der Waals surface area contributed by atoms with E-state index >= 15 is 0 Å². The molecule has 0 spiro atoms. The Labute approximate surface area is 228 Å². The maximum atomic E-state index is 13.5. The number of amides is 1. The summed E-state index contributed by atoms with van der Waals surface area (Å²) in [6.45, 7) is 2.77. The standard InChI is InChI=1S/C25H22Cl2N4O4S2/c1-15-21(23(29-35-15)22-19(26)3-2-4-20(22)27)24(32)31-12-9-17(10-13-31)16-5-7-18(8-6-16)37(33,34)30-25-28-11-14-36-25/h2-8,11,14,17H,9-10,12-13H2,1H3,(H,28,30). The number of anilines is 1. The number of carbonyl (C=O) groups is 1. The van der Waals surface area contributed by atoms with Gasteiger partial charge in [0.2, 0.25) is 0 Å². The van der Waals surface area contributed by atoms with E-state index in [2.05, 4.69) is 14.9 Å². The third-order valence-corrected chi connectivity index (χ3v) is 9.18. The number of rotatable bonds is 6. The van der Waals surface area contributed by atoms with Crippen LogP contribution in [0.1, 0.15) is 40.4 Å². The predicted octanol–water partition coefficient (Wildman–Crippen LogP) is 6.23. The van der Waals surface area contributed by atoms with Crippen LogP contribution < -0.4 is 4.72 Å². The Balaban J connectivity index is 1.28. The van der Waals surface area contributed by atoms with Gasteiger partial charge in [-0.25, -0.2) is 13.4 Å². The Bertz CT molecular complexity index is 1510. The molecule has 192 valence electrons. The third-order valence-electron chi connectivity index (χ3n) is 6.37. The Morgan fingerprint density at radius 3 is 2.41 bits per heavy atom. The molecule has 0 aliphatic carbocycles. The summed E-state index contributed by atoms with van der Waals surface area (Å²) < 4.78 is 33.0. The first-order chi connectivity index (χ1) is 17.7. The average molecular weight is 578 g/mol. The summed E-state index contributed by atoms with van der Waals surface area (Å²) in [4.78, 5) is 19.4. The van der Waals surface area contributed by atoms with Crippen LogP contribution in [0.25, 0.3) is 11.3 Å². The Morgan fingerprint density at radius 1 is 1.11 bits per heavy atom. The molecule has 0 saturated carbocycles. The van der Waals surface area contributed by atoms with Crippen molar-refractivity contribution in [3.05, 3.63) is 81.0 Å². The van der Waals surface area contributed by atoms with Crippen molar-refractivity contribution in [2.75, 3.05) is 17.8 Å². The van der Waals surface area contributed by atoms with Crippen molar-refractivity contribution in [1.29, 1.82) is 0 Å². The summed E-state index contributed by atoms with van der Waals surface area (Å²) in [6.07, 6.45) is 3.02. The van der Waals surface area contributed by atoms with Gasteiger partial charge in [-0.15, -0.1) is 11.3 Å². The number of aryl methyl sites for hydroxylation is 1. The van der Waals surface area contributed by atoms with Crippen molar-refractivity contribution >= 4 is 55.6 Å². The van der Waals surface area contributed by atoms with Gasteiger partial charge in [-0.05, 0) is 55.5 Å². The fourth-order valence-corrected chi connectivity index (χ4v) is 6.82. The van der Waals surface area contributed by atoms with E-state index in [0.29, 0.717) is 50.8 Å². The van der Waals surface area contributed by atoms with Crippen LogP contribution in [0.5, 0.6) is 0 Å². The highest BCUT2D eigenvalue weighted by Gasteiger charge is 2.31. The highest BCUT2D eigenvalue weighted by molar-refractivity contribution is 7.93. The number of thiazole rings is 1. The van der Waals surface area contributed by atoms with Crippen LogP contribution in [-0.2, 0) is 10.0 Å². The Kier molecular flexibility index (Phi) is 7.26. The molecule has 12 heteroatoms. The van der Waals surface area contributed by atoms with Crippen molar-refractivity contribution in [2.24, 2.45) is 0 Å². The van der Waals surface area contributed by atoms with E-state index in [9.17, 15) is 13.2 Å². The molecule has 1 fully saturated rings. The molecule has 4 aromatic rings. The van der Waals surface area contributed by atoms with E-state index in [0.717, 1.165) is 18.4 Å². The van der Waals surface area contributed by atoms with E-state index in [4.69, 9.17) is 27.7 Å². The Hall–Kier alpha value is -2.92. The van der Waals surface area contributed by atoms with E-state index in [-0.39, 0.29) is 16.7 Å². The van der Waals surface area contributed by atoms with Gasteiger partial charge in [-0.3, -0.25) is 9.52 Å². The molecular weight excluding hydrogens is 555 g/mol. The van der Waals surface area contributed by atoms with Crippen molar-refractivity contribution in [2.45, 2.75) is 30.6 Å². The lowest BCUT2D eigenvalue weighted by Gasteiger charge is -2.32. The number of piperidine rings is 1. The van der Waals surface area contributed by atoms with Gasteiger partial charge in [0.1, 0.15) is 17.0 Å². The molecule has 0 unspecified atom stereocenters. The molecule has 1 N–H and O–H groups in total. The number of hydrogen-bond donors (Lipinski definition) is 1. The Morgan fingerprint density at radius 2 is 1.78 bits per heavy atom. The van der Waals surface area contributed by atoms with Crippen LogP contribution in [0.2, 0.25) is 10.0 Å². The zero-order valence-corrected chi connectivity index (χ0v) is 22.8. The molecule has 2 aromatic carbocycles. The molecule has 0 bridgehead atoms. The zero-order valence-electron chi connectivity index (χ0n) is 19.6. The molecule has 2 aromatic heterocycles. The second-order valence-electron chi connectivity index (χ2n) is 8.64. The van der Waals surface area contributed by atoms with Gasteiger partial charge < -0.3 is 9.42 Å². The van der Waals surface area contributed by atoms with Crippen LogP contribution >= 0.6 is 34.5 Å². The molecule has 1 saturated heterocycles. The molecule has 1 aliphatic heterocycles. The summed E-state index contributed by atoms with van der Waals surface area (Å²) in [5.74, 6) is 0.424. The quantitative estimate of drug-likeness (QED) is 0.291. The SMILES string of the molecule is Cc1onc(-c2c(Cl)cccc2Cl)c1C(=O)N1CCC(c2ccc(S(=O)(=O)Nc3nccs3)cc2)CC1. The van der Waals surface area contributed by atoms with E-state index in [1.807, 2.05) is 12.1 Å². The fourth-order valence-electron chi connectivity index (χ4n) is 4.46. The van der Waals surface area contributed by atoms with E-state index in [1.165, 1.54) is 11.3 Å². The molecule has 1 amide bonds. The summed E-state index contributed by atoms with van der Waals surface area (Å²) in [5.41, 5.74) is 2.20. The highest BCUT2D eigenvalue weighted by atomic mass is 35.5. The van der Waals surface area contributed by atoms with Gasteiger partial charge in [-0.2, -0.15) is 0 Å². The van der Waals surface area contributed by atoms with Gasteiger partial charge in [0, 0.05) is 30.2 Å². The number of halogens is 2. The first-order valence-electron chi connectivity index (χ1n) is 11.5. The maximum Gasteiger partial charge on any atom is 0.263 e. The minimum Gasteiger partial charge on any atom is -0.360 e. The number of benzene rings is 2. The normalized spacial score (nSPS) is 14.6. The molecular formula is C25H22Cl2N4O4S2. The monoisotopic (exact) mass is 576 g/mol. The second-order valence-corrected chi connectivity index (χ2v) is 12.0. The van der Waals surface area contributed by atoms with Gasteiger partial charge in [0.15, 0.2) is 5.13 Å². The minimum atomic E-state index is -3.70. The van der Waals surface area contributed by atoms with Crippen LogP contribution in [0.15, 0.2) is 63.5 Å². The number of nitrogens with zero attached hydrogens (tertiary/aromatic N) is 3. The number of aromatic nitrogens is 2. The van der Waals surface area contributed by atoms with Crippen molar-refractivity contribution in [1.82, 2.24) is 15.0 Å². The van der Waals surface area contributed by atoms with Crippen LogP contribution in [0.4, 0.5) is 5.13 Å². The number of nitrogens with one attached hydrogen (secondary N) is 1. The number of carbonyl (C=O) groups excluding carboxylic acids is 1. The molecule has 0 radical (unpaired) electrons. The molecule has 3 heterocycles. The number of sulfonamides is 1. The lowest BCUT2D eigenvalue weighted by Crippen LogP contribution is -2.38. The largest absolute Gasteiger partial charge is 0.360 e. The predicted molar refractivity (Wildman–Crippen MR) is 144 cm³/mol. The first-order valence-corrected chi connectivity index (χ1v) is 14.6. The van der Waals surface area contributed by atoms with E-state index in [1.54, 1.807) is 53.7 Å². The number of likely N-dealkylation sites (tertiary alicyclic amines) is 1. The van der Waals surface area contributed by atoms with Crippen molar-refractivity contribution < 1.29 is 17.7 Å². The third kappa shape index (κ3) is 5.24. The van der Waals surface area contributed by atoms with Crippen LogP contribution in [0.3, 0.4) is 0 Å². The maximum absolute atomic E-state index is 13.5. The summed E-state index contributed by atoms with van der Waals surface area (Å²) >= 11 is 13.9. The zero-order chi connectivity index (χ0) is 26.2. The van der Waals surface area contributed by atoms with Gasteiger partial charge in [0.05, 0.1) is 14.9 Å². The highest BCUT2D eigenvalue weighted by Crippen LogP contribution is 2.38. The molecule has 37 heavy (non-hydrogen) atoms. The fraction of sp³-hybridized carbons (Fsp3) is 0.240. The first kappa shape index (κ1) is 25.7. The van der Waals surface area contributed by atoms with Gasteiger partial charge in [0.25, 0.3) is 15.9 Å². The minimum absolute atomic E-state index is 0.174. The van der Waals surface area contributed by atoms with Crippen LogP contribution in [0, 0.1) is 6.92 Å². The topological polar surface area (TPSA) is 105 Å². The summed E-state index contributed by atoms with van der Waals surface area (Å²) in [6, 6.07) is 12.0. The lowest BCUT2D eigenvalue weighted by atomic mass is 9.89. The summed E-state index contributed by atoms with van der Waals surface area (Å²) in [5, 5.41) is 6.89. The second kappa shape index (κ2) is 10.4. The van der Waals surface area contributed by atoms with E-state index < -0.39 is 10.0 Å². The average Bonchev–Trinajstić information content (AvgIpc) is 3.53. The van der Waals surface area contributed by atoms with Gasteiger partial charge in [-0.1, -0.05) is 46.6 Å². The van der Waals surface area contributed by atoms with Gasteiger partial charge >= 0.3 is 0 Å². The molecule has 5 rings (SSSR count). The molecule has 0 atom stereocenters. The lowest BCUT2D eigenvalue weighted by molar-refractivity contribution is 0.0712. The molecule has 8 nitrogen and oxygen atoms in total. The number of hydrogen-bond acceptors (Lipinski definition) is 7. The van der Waals surface area contributed by atoms with Crippen LogP contribution in [-0.4, -0.2) is 42.5 Å². The summed E-state index contributed by atoms with van der Waals surface area (Å²) in [7, 11) is -3.70. The van der Waals surface area contributed by atoms with Crippen molar-refractivity contribution in [3.8, 4) is 11.3 Å².